The van der Waals surface area contributed by atoms with Crippen molar-refractivity contribution >= 4 is 0 Å². The maximum Gasteiger partial charge on any atom is 0.264 e. The standard InChI is InChI=1S/C12H14N2O/c1-8-4-5-11(6-9(8)2)14-10(3)7-12(15)13-14/h4-7H,1-3H3,(H,13,15). The van der Waals surface area contributed by atoms with Crippen LogP contribution in [0, 0.1) is 20.8 Å². The van der Waals surface area contributed by atoms with Crippen molar-refractivity contribution in [2.75, 3.05) is 0 Å². The van der Waals surface area contributed by atoms with Crippen molar-refractivity contribution in [1.29, 1.82) is 0 Å². The van der Waals surface area contributed by atoms with E-state index in [9.17, 15) is 4.79 Å². The highest BCUT2D eigenvalue weighted by molar-refractivity contribution is 5.39. The summed E-state index contributed by atoms with van der Waals surface area (Å²) in [5.41, 5.74) is 4.33. The van der Waals surface area contributed by atoms with E-state index >= 15 is 0 Å². The molecular formula is C12H14N2O. The van der Waals surface area contributed by atoms with E-state index in [0.29, 0.717) is 0 Å². The summed E-state index contributed by atoms with van der Waals surface area (Å²) in [5.74, 6) is 0. The fourth-order valence-electron chi connectivity index (χ4n) is 1.62. The third-order valence-corrected chi connectivity index (χ3v) is 2.66. The molecule has 0 aliphatic rings. The summed E-state index contributed by atoms with van der Waals surface area (Å²) in [4.78, 5) is 11.2. The van der Waals surface area contributed by atoms with Gasteiger partial charge in [-0.3, -0.25) is 14.6 Å². The highest BCUT2D eigenvalue weighted by Gasteiger charge is 2.02. The molecule has 3 heteroatoms. The number of nitrogens with one attached hydrogen (secondary N) is 1. The van der Waals surface area contributed by atoms with E-state index in [4.69, 9.17) is 0 Å². The third-order valence-electron chi connectivity index (χ3n) is 2.66. The Morgan fingerprint density at radius 3 is 2.33 bits per heavy atom. The topological polar surface area (TPSA) is 37.8 Å². The van der Waals surface area contributed by atoms with Gasteiger partial charge in [-0.2, -0.15) is 0 Å². The van der Waals surface area contributed by atoms with Crippen LogP contribution in [0.2, 0.25) is 0 Å². The van der Waals surface area contributed by atoms with Crippen LogP contribution in [0.1, 0.15) is 16.8 Å². The second kappa shape index (κ2) is 3.42. The molecule has 0 radical (unpaired) electrons. The van der Waals surface area contributed by atoms with Crippen molar-refractivity contribution in [2.24, 2.45) is 0 Å². The zero-order valence-corrected chi connectivity index (χ0v) is 9.16. The fraction of sp³-hybridized carbons (Fsp3) is 0.250. The SMILES string of the molecule is Cc1ccc(-n2[nH]c(=O)cc2C)cc1C. The molecule has 15 heavy (non-hydrogen) atoms. The minimum Gasteiger partial charge on any atom is -0.268 e. The number of H-pyrrole nitrogens is 1. The van der Waals surface area contributed by atoms with Crippen LogP contribution in [0.5, 0.6) is 0 Å². The van der Waals surface area contributed by atoms with E-state index in [0.717, 1.165) is 11.4 Å². The maximum absolute atomic E-state index is 11.2. The van der Waals surface area contributed by atoms with E-state index in [1.54, 1.807) is 10.7 Å². The number of aromatic amines is 1. The minimum absolute atomic E-state index is 0.0641. The minimum atomic E-state index is -0.0641. The summed E-state index contributed by atoms with van der Waals surface area (Å²) < 4.78 is 1.80. The molecule has 3 nitrogen and oxygen atoms in total. The Hall–Kier alpha value is -1.77. The lowest BCUT2D eigenvalue weighted by Crippen LogP contribution is -2.04. The van der Waals surface area contributed by atoms with Gasteiger partial charge in [0.2, 0.25) is 0 Å². The Kier molecular flexibility index (Phi) is 2.23. The molecule has 0 saturated carbocycles. The van der Waals surface area contributed by atoms with Gasteiger partial charge in [-0.1, -0.05) is 6.07 Å². The lowest BCUT2D eigenvalue weighted by atomic mass is 10.1. The van der Waals surface area contributed by atoms with Crippen LogP contribution >= 0.6 is 0 Å². The molecule has 0 amide bonds. The van der Waals surface area contributed by atoms with Crippen molar-refractivity contribution in [3.8, 4) is 5.69 Å². The number of benzene rings is 1. The predicted octanol–water partition coefficient (Wildman–Crippen LogP) is 2.09. The molecule has 0 aliphatic carbocycles. The number of aryl methyl sites for hydroxylation is 3. The number of rotatable bonds is 1. The van der Waals surface area contributed by atoms with Gasteiger partial charge in [-0.15, -0.1) is 0 Å². The molecule has 0 atom stereocenters. The molecule has 2 rings (SSSR count). The maximum atomic E-state index is 11.2. The summed E-state index contributed by atoms with van der Waals surface area (Å²) in [6, 6.07) is 7.72. The van der Waals surface area contributed by atoms with E-state index in [1.807, 2.05) is 13.0 Å². The van der Waals surface area contributed by atoms with Crippen molar-refractivity contribution in [2.45, 2.75) is 20.8 Å². The Balaban J connectivity index is 2.59. The average Bonchev–Trinajstić information content (AvgIpc) is 2.50. The fourth-order valence-corrected chi connectivity index (χ4v) is 1.62. The lowest BCUT2D eigenvalue weighted by Gasteiger charge is -2.07. The monoisotopic (exact) mass is 202 g/mol. The lowest BCUT2D eigenvalue weighted by molar-refractivity contribution is 0.833. The van der Waals surface area contributed by atoms with E-state index in [-0.39, 0.29) is 5.56 Å². The first-order valence-electron chi connectivity index (χ1n) is 4.94. The van der Waals surface area contributed by atoms with Crippen LogP contribution in [0.4, 0.5) is 0 Å². The predicted molar refractivity (Wildman–Crippen MR) is 60.6 cm³/mol. The molecular weight excluding hydrogens is 188 g/mol. The van der Waals surface area contributed by atoms with Crippen LogP contribution in [0.15, 0.2) is 29.1 Å². The van der Waals surface area contributed by atoms with E-state index in [2.05, 4.69) is 31.1 Å². The van der Waals surface area contributed by atoms with Crippen LogP contribution in [-0.4, -0.2) is 9.78 Å². The summed E-state index contributed by atoms with van der Waals surface area (Å²) in [7, 11) is 0. The molecule has 0 bridgehead atoms. The van der Waals surface area contributed by atoms with Crippen LogP contribution in [0.25, 0.3) is 5.69 Å². The smallest absolute Gasteiger partial charge is 0.264 e. The zero-order chi connectivity index (χ0) is 11.0. The number of aromatic nitrogens is 2. The van der Waals surface area contributed by atoms with Gasteiger partial charge in [0.1, 0.15) is 0 Å². The molecule has 0 spiro atoms. The quantitative estimate of drug-likeness (QED) is 0.755. The van der Waals surface area contributed by atoms with Gasteiger partial charge in [0.05, 0.1) is 5.69 Å². The Bertz CT molecular complexity index is 549. The first kappa shape index (κ1) is 9.77. The second-order valence-electron chi connectivity index (χ2n) is 3.87. The summed E-state index contributed by atoms with van der Waals surface area (Å²) in [5, 5.41) is 2.77. The normalized spacial score (nSPS) is 10.6. The molecule has 1 N–H and O–H groups in total. The second-order valence-corrected chi connectivity index (χ2v) is 3.87. The molecule has 1 aromatic carbocycles. The van der Waals surface area contributed by atoms with Crippen molar-refractivity contribution in [3.63, 3.8) is 0 Å². The number of hydrogen-bond acceptors (Lipinski definition) is 1. The molecule has 0 aliphatic heterocycles. The number of hydrogen-bond donors (Lipinski definition) is 1. The first-order chi connectivity index (χ1) is 7.08. The van der Waals surface area contributed by atoms with Gasteiger partial charge in [-0.25, -0.2) is 0 Å². The Morgan fingerprint density at radius 1 is 1.07 bits per heavy atom. The van der Waals surface area contributed by atoms with Crippen molar-refractivity contribution in [3.05, 3.63) is 51.4 Å². The number of nitrogens with zero attached hydrogens (tertiary/aromatic N) is 1. The van der Waals surface area contributed by atoms with Gasteiger partial charge in [0, 0.05) is 11.8 Å². The molecule has 78 valence electrons. The molecule has 2 aromatic rings. The van der Waals surface area contributed by atoms with Crippen LogP contribution in [-0.2, 0) is 0 Å². The molecule has 0 saturated heterocycles. The molecule has 1 aromatic heterocycles. The Morgan fingerprint density at radius 2 is 1.80 bits per heavy atom. The van der Waals surface area contributed by atoms with Gasteiger partial charge in [0.25, 0.3) is 5.56 Å². The van der Waals surface area contributed by atoms with E-state index < -0.39 is 0 Å². The van der Waals surface area contributed by atoms with Gasteiger partial charge in [0.15, 0.2) is 0 Å². The highest BCUT2D eigenvalue weighted by atomic mass is 16.1. The van der Waals surface area contributed by atoms with Gasteiger partial charge >= 0.3 is 0 Å². The highest BCUT2D eigenvalue weighted by Crippen LogP contribution is 2.13. The third kappa shape index (κ3) is 1.73. The van der Waals surface area contributed by atoms with Gasteiger partial charge < -0.3 is 0 Å². The van der Waals surface area contributed by atoms with Gasteiger partial charge in [-0.05, 0) is 44.0 Å². The molecule has 1 heterocycles. The largest absolute Gasteiger partial charge is 0.268 e. The zero-order valence-electron chi connectivity index (χ0n) is 9.16. The summed E-state index contributed by atoms with van der Waals surface area (Å²) >= 11 is 0. The average molecular weight is 202 g/mol. The Labute approximate surface area is 88.4 Å². The van der Waals surface area contributed by atoms with Crippen LogP contribution < -0.4 is 5.56 Å². The van der Waals surface area contributed by atoms with Crippen LogP contribution in [0.3, 0.4) is 0 Å². The van der Waals surface area contributed by atoms with E-state index in [1.165, 1.54) is 11.1 Å². The molecule has 0 fully saturated rings. The first-order valence-corrected chi connectivity index (χ1v) is 4.94. The summed E-state index contributed by atoms with van der Waals surface area (Å²) in [6.45, 7) is 6.05. The summed E-state index contributed by atoms with van der Waals surface area (Å²) in [6.07, 6.45) is 0. The van der Waals surface area contributed by atoms with Crippen molar-refractivity contribution in [1.82, 2.24) is 9.78 Å². The molecule has 0 unspecified atom stereocenters. The van der Waals surface area contributed by atoms with Crippen molar-refractivity contribution < 1.29 is 0 Å².